The summed E-state index contributed by atoms with van der Waals surface area (Å²) >= 11 is 0. The number of hydrogen-bond acceptors (Lipinski definition) is 8. The minimum Gasteiger partial charge on any atom is -0.394 e. The molecule has 1 heterocycles. The average molecular weight is 278 g/mol. The number of amides is 1. The summed E-state index contributed by atoms with van der Waals surface area (Å²) in [6.45, 7) is -1.43. The van der Waals surface area contributed by atoms with Crippen molar-refractivity contribution in [2.75, 3.05) is 13.2 Å². The Bertz CT molecular complexity index is 385. The van der Waals surface area contributed by atoms with E-state index in [1.807, 2.05) is 0 Å². The molecular formula is C8H14N4O7. The van der Waals surface area contributed by atoms with Gasteiger partial charge >= 0.3 is 0 Å². The Morgan fingerprint density at radius 2 is 2.05 bits per heavy atom. The fourth-order valence-corrected chi connectivity index (χ4v) is 1.59. The third-order valence-corrected chi connectivity index (χ3v) is 2.56. The van der Waals surface area contributed by atoms with Gasteiger partial charge in [0.1, 0.15) is 24.9 Å². The quantitative estimate of drug-likeness (QED) is 0.133. The topological polar surface area (TPSA) is 188 Å². The van der Waals surface area contributed by atoms with Crippen LogP contribution in [0.5, 0.6) is 0 Å². The van der Waals surface area contributed by atoms with E-state index in [1.165, 1.54) is 0 Å². The number of nitrogens with zero attached hydrogens (tertiary/aromatic N) is 3. The van der Waals surface area contributed by atoms with Crippen LogP contribution in [0.25, 0.3) is 10.4 Å². The second-order valence-corrected chi connectivity index (χ2v) is 3.90. The van der Waals surface area contributed by atoms with E-state index in [2.05, 4.69) is 10.0 Å². The highest BCUT2D eigenvalue weighted by molar-refractivity contribution is 5.78. The fourth-order valence-electron chi connectivity index (χ4n) is 1.59. The standard InChI is InChI=1S/C8H14N4O7/c9-12-10-1-4(14)11-8(18)7(17)6(16)5(15)3(2-13)19-8/h3,5-7,13,15-18H,1-2H2,(H,11,14). The summed E-state index contributed by atoms with van der Waals surface area (Å²) in [6.07, 6.45) is -6.96. The SMILES string of the molecule is [N-]=[N+]=NCC(=O)NC1(O)OC(CO)C(O)C(O)C1O. The molecule has 0 aromatic heterocycles. The van der Waals surface area contributed by atoms with E-state index in [-0.39, 0.29) is 0 Å². The maximum Gasteiger partial charge on any atom is 0.279 e. The maximum atomic E-state index is 11.3. The Morgan fingerprint density at radius 3 is 2.58 bits per heavy atom. The van der Waals surface area contributed by atoms with Crippen molar-refractivity contribution in [2.45, 2.75) is 30.3 Å². The zero-order valence-corrected chi connectivity index (χ0v) is 9.62. The summed E-state index contributed by atoms with van der Waals surface area (Å²) < 4.78 is 4.75. The number of azide groups is 1. The molecule has 1 saturated heterocycles. The lowest BCUT2D eigenvalue weighted by atomic mass is 9.96. The Kier molecular flexibility index (Phi) is 5.03. The molecule has 5 atom stereocenters. The predicted octanol–water partition coefficient (Wildman–Crippen LogP) is -3.47. The molecule has 1 amide bonds. The van der Waals surface area contributed by atoms with Gasteiger partial charge in [-0.05, 0) is 5.53 Å². The van der Waals surface area contributed by atoms with E-state index >= 15 is 0 Å². The molecule has 0 bridgehead atoms. The predicted molar refractivity (Wildman–Crippen MR) is 57.1 cm³/mol. The van der Waals surface area contributed by atoms with Crippen LogP contribution < -0.4 is 5.32 Å². The summed E-state index contributed by atoms with van der Waals surface area (Å²) in [4.78, 5) is 13.6. The number of nitrogens with one attached hydrogen (secondary N) is 1. The van der Waals surface area contributed by atoms with Crippen LogP contribution in [0.1, 0.15) is 0 Å². The third kappa shape index (κ3) is 3.30. The van der Waals surface area contributed by atoms with E-state index in [1.54, 1.807) is 5.32 Å². The van der Waals surface area contributed by atoms with Gasteiger partial charge in [-0.15, -0.1) is 0 Å². The van der Waals surface area contributed by atoms with Crippen LogP contribution in [-0.4, -0.2) is 74.9 Å². The molecule has 11 heteroatoms. The van der Waals surface area contributed by atoms with Gasteiger partial charge in [-0.25, -0.2) is 0 Å². The highest BCUT2D eigenvalue weighted by atomic mass is 16.7. The molecule has 0 aromatic carbocycles. The molecule has 1 aliphatic heterocycles. The van der Waals surface area contributed by atoms with Crippen LogP contribution in [0.3, 0.4) is 0 Å². The first-order valence-corrected chi connectivity index (χ1v) is 5.23. The molecule has 1 aliphatic rings. The average Bonchev–Trinajstić information content (AvgIpc) is 2.38. The normalized spacial score (nSPS) is 38.4. The number of hydrogen-bond donors (Lipinski definition) is 6. The molecule has 19 heavy (non-hydrogen) atoms. The van der Waals surface area contributed by atoms with E-state index < -0.39 is 49.4 Å². The van der Waals surface area contributed by atoms with Gasteiger partial charge in [0.25, 0.3) is 5.91 Å². The van der Waals surface area contributed by atoms with Gasteiger partial charge < -0.3 is 35.6 Å². The first kappa shape index (κ1) is 15.6. The van der Waals surface area contributed by atoms with Crippen LogP contribution in [0, 0.1) is 0 Å². The Hall–Kier alpha value is -1.46. The molecule has 0 radical (unpaired) electrons. The zero-order chi connectivity index (χ0) is 14.6. The van der Waals surface area contributed by atoms with Crippen LogP contribution >= 0.6 is 0 Å². The van der Waals surface area contributed by atoms with Gasteiger partial charge in [0.2, 0.25) is 5.91 Å². The second kappa shape index (κ2) is 6.12. The molecular weight excluding hydrogens is 264 g/mol. The lowest BCUT2D eigenvalue weighted by Crippen LogP contribution is -2.71. The molecule has 6 N–H and O–H groups in total. The van der Waals surface area contributed by atoms with E-state index in [0.717, 1.165) is 0 Å². The number of rotatable bonds is 4. The Balaban J connectivity index is 2.82. The molecule has 0 aliphatic carbocycles. The van der Waals surface area contributed by atoms with Gasteiger partial charge in [-0.1, -0.05) is 5.11 Å². The molecule has 108 valence electrons. The number of carbonyl (C=O) groups is 1. The summed E-state index contributed by atoms with van der Waals surface area (Å²) in [5.74, 6) is -3.70. The largest absolute Gasteiger partial charge is 0.394 e. The number of ether oxygens (including phenoxy) is 1. The van der Waals surface area contributed by atoms with Crippen molar-refractivity contribution in [1.29, 1.82) is 0 Å². The molecule has 11 nitrogen and oxygen atoms in total. The minimum absolute atomic E-state index is 0.669. The van der Waals surface area contributed by atoms with E-state index in [4.69, 9.17) is 15.4 Å². The van der Waals surface area contributed by atoms with Gasteiger partial charge in [0, 0.05) is 4.91 Å². The van der Waals surface area contributed by atoms with Crippen molar-refractivity contribution >= 4 is 5.91 Å². The third-order valence-electron chi connectivity index (χ3n) is 2.56. The smallest absolute Gasteiger partial charge is 0.279 e. The van der Waals surface area contributed by atoms with Crippen LogP contribution in [0.2, 0.25) is 0 Å². The van der Waals surface area contributed by atoms with Crippen LogP contribution in [0.15, 0.2) is 5.11 Å². The zero-order valence-electron chi connectivity index (χ0n) is 9.62. The first-order chi connectivity index (χ1) is 8.85. The molecule has 1 rings (SSSR count). The lowest BCUT2D eigenvalue weighted by molar-refractivity contribution is -0.358. The fraction of sp³-hybridized carbons (Fsp3) is 0.875. The Morgan fingerprint density at radius 1 is 1.42 bits per heavy atom. The van der Waals surface area contributed by atoms with Crippen molar-refractivity contribution in [2.24, 2.45) is 5.11 Å². The summed E-state index contributed by atoms with van der Waals surface area (Å²) in [5, 5.41) is 52.0. The monoisotopic (exact) mass is 278 g/mol. The Labute approximate surface area is 106 Å². The number of aliphatic hydroxyl groups excluding tert-OH is 4. The van der Waals surface area contributed by atoms with Crippen molar-refractivity contribution in [3.63, 3.8) is 0 Å². The van der Waals surface area contributed by atoms with Crippen LogP contribution in [-0.2, 0) is 9.53 Å². The van der Waals surface area contributed by atoms with Crippen molar-refractivity contribution < 1.29 is 35.1 Å². The van der Waals surface area contributed by atoms with Crippen molar-refractivity contribution in [1.82, 2.24) is 5.32 Å². The van der Waals surface area contributed by atoms with E-state index in [9.17, 15) is 25.2 Å². The molecule has 0 spiro atoms. The molecule has 5 unspecified atom stereocenters. The van der Waals surface area contributed by atoms with Gasteiger partial charge in [0.05, 0.1) is 6.61 Å². The molecule has 0 aromatic rings. The van der Waals surface area contributed by atoms with Crippen molar-refractivity contribution in [3.8, 4) is 0 Å². The molecule has 1 fully saturated rings. The minimum atomic E-state index is -2.71. The summed E-state index contributed by atoms with van der Waals surface area (Å²) in [7, 11) is 0. The highest BCUT2D eigenvalue weighted by Gasteiger charge is 2.53. The number of carbonyl (C=O) groups excluding carboxylic acids is 1. The maximum absolute atomic E-state index is 11.3. The van der Waals surface area contributed by atoms with Crippen LogP contribution in [0.4, 0.5) is 0 Å². The summed E-state index contributed by atoms with van der Waals surface area (Å²) in [6, 6.07) is 0. The second-order valence-electron chi connectivity index (χ2n) is 3.90. The van der Waals surface area contributed by atoms with E-state index in [0.29, 0.717) is 0 Å². The molecule has 0 saturated carbocycles. The summed E-state index contributed by atoms with van der Waals surface area (Å²) in [5.41, 5.74) is 8.02. The van der Waals surface area contributed by atoms with Crippen molar-refractivity contribution in [3.05, 3.63) is 10.4 Å². The first-order valence-electron chi connectivity index (χ1n) is 5.23. The van der Waals surface area contributed by atoms with Gasteiger partial charge in [0.15, 0.2) is 6.10 Å². The highest BCUT2D eigenvalue weighted by Crippen LogP contribution is 2.26. The van der Waals surface area contributed by atoms with Gasteiger partial charge in [-0.3, -0.25) is 4.79 Å². The lowest BCUT2D eigenvalue weighted by Gasteiger charge is -2.45. The van der Waals surface area contributed by atoms with Gasteiger partial charge in [-0.2, -0.15) is 0 Å². The number of aliphatic hydroxyl groups is 5.